The molecule has 2 rings (SSSR count). The molecule has 20 heavy (non-hydrogen) atoms. The summed E-state index contributed by atoms with van der Waals surface area (Å²) in [6.45, 7) is 2.30. The second-order valence-corrected chi connectivity index (χ2v) is 6.61. The zero-order chi connectivity index (χ0) is 14.6. The first kappa shape index (κ1) is 14.9. The average molecular weight is 293 g/mol. The van der Waals surface area contributed by atoms with E-state index in [1.54, 1.807) is 30.6 Å². The number of hydrogen-bond donors (Lipinski definition) is 2. The van der Waals surface area contributed by atoms with Gasteiger partial charge in [-0.3, -0.25) is 4.98 Å². The number of fused-ring (bicyclic) bond motifs is 1. The van der Waals surface area contributed by atoms with Gasteiger partial charge in [-0.25, -0.2) is 13.1 Å². The van der Waals surface area contributed by atoms with Crippen molar-refractivity contribution in [1.82, 2.24) is 9.71 Å². The van der Waals surface area contributed by atoms with Crippen molar-refractivity contribution in [2.45, 2.75) is 30.7 Å². The number of nitrogens with one attached hydrogen (secondary N) is 1. The largest absolute Gasteiger partial charge is 0.328 e. The van der Waals surface area contributed by atoms with Crippen LogP contribution in [0, 0.1) is 0 Å². The predicted octanol–water partition coefficient (Wildman–Crippen LogP) is 1.64. The van der Waals surface area contributed by atoms with E-state index in [2.05, 4.69) is 9.71 Å². The number of nitrogens with zero attached hydrogens (tertiary/aromatic N) is 1. The summed E-state index contributed by atoms with van der Waals surface area (Å²) in [5, 5.41) is 1.49. The molecule has 0 amide bonds. The lowest BCUT2D eigenvalue weighted by molar-refractivity contribution is 0.568. The van der Waals surface area contributed by atoms with Crippen molar-refractivity contribution in [3.63, 3.8) is 0 Å². The molecule has 1 atom stereocenters. The van der Waals surface area contributed by atoms with E-state index < -0.39 is 10.0 Å². The van der Waals surface area contributed by atoms with E-state index >= 15 is 0 Å². The van der Waals surface area contributed by atoms with Gasteiger partial charge < -0.3 is 5.73 Å². The number of aromatic nitrogens is 1. The van der Waals surface area contributed by atoms with Crippen molar-refractivity contribution in [2.75, 3.05) is 6.54 Å². The summed E-state index contributed by atoms with van der Waals surface area (Å²) in [7, 11) is -3.50. The van der Waals surface area contributed by atoms with Gasteiger partial charge in [-0.1, -0.05) is 12.1 Å². The first-order valence-electron chi connectivity index (χ1n) is 6.59. The molecule has 0 saturated carbocycles. The Balaban J connectivity index is 2.19. The molecular formula is C14H19N3O2S. The quantitative estimate of drug-likeness (QED) is 0.793. The summed E-state index contributed by atoms with van der Waals surface area (Å²) < 4.78 is 27.3. The van der Waals surface area contributed by atoms with Gasteiger partial charge in [0.05, 0.1) is 4.90 Å². The maximum atomic E-state index is 12.3. The minimum absolute atomic E-state index is 0.0862. The van der Waals surface area contributed by atoms with Gasteiger partial charge in [0.1, 0.15) is 0 Å². The highest BCUT2D eigenvalue weighted by Gasteiger charge is 2.16. The molecule has 0 aliphatic rings. The van der Waals surface area contributed by atoms with Crippen LogP contribution in [0.15, 0.2) is 41.6 Å². The van der Waals surface area contributed by atoms with Crippen LogP contribution < -0.4 is 10.5 Å². The van der Waals surface area contributed by atoms with Gasteiger partial charge in [-0.2, -0.15) is 0 Å². The Kier molecular flexibility index (Phi) is 4.69. The zero-order valence-electron chi connectivity index (χ0n) is 11.4. The zero-order valence-corrected chi connectivity index (χ0v) is 12.2. The van der Waals surface area contributed by atoms with Crippen molar-refractivity contribution < 1.29 is 8.42 Å². The SMILES string of the molecule is CC(N)CCCNS(=O)(=O)c1cccc2cnccc12. The molecule has 6 heteroatoms. The molecule has 0 bridgehead atoms. The highest BCUT2D eigenvalue weighted by molar-refractivity contribution is 7.89. The van der Waals surface area contributed by atoms with Crippen molar-refractivity contribution in [2.24, 2.45) is 5.73 Å². The van der Waals surface area contributed by atoms with Crippen LogP contribution in [0.3, 0.4) is 0 Å². The number of rotatable bonds is 6. The van der Waals surface area contributed by atoms with Gasteiger partial charge in [0.2, 0.25) is 10.0 Å². The number of sulfonamides is 1. The molecule has 1 aromatic heterocycles. The third-order valence-electron chi connectivity index (χ3n) is 3.06. The van der Waals surface area contributed by atoms with Gasteiger partial charge in [-0.05, 0) is 31.9 Å². The Hall–Kier alpha value is -1.50. The first-order chi connectivity index (χ1) is 9.50. The Morgan fingerprint density at radius 1 is 1.35 bits per heavy atom. The van der Waals surface area contributed by atoms with Crippen LogP contribution in [0.1, 0.15) is 19.8 Å². The van der Waals surface area contributed by atoms with E-state index in [4.69, 9.17) is 5.73 Å². The van der Waals surface area contributed by atoms with Gasteiger partial charge >= 0.3 is 0 Å². The molecule has 0 saturated heterocycles. The average Bonchev–Trinajstić information content (AvgIpc) is 2.43. The molecule has 1 unspecified atom stereocenters. The number of hydrogen-bond acceptors (Lipinski definition) is 4. The Bertz CT molecular complexity index is 678. The van der Waals surface area contributed by atoms with Gasteiger partial charge in [0, 0.05) is 35.8 Å². The van der Waals surface area contributed by atoms with Gasteiger partial charge in [0.25, 0.3) is 0 Å². The lowest BCUT2D eigenvalue weighted by Gasteiger charge is -2.10. The minimum atomic E-state index is -3.50. The Morgan fingerprint density at radius 2 is 2.15 bits per heavy atom. The van der Waals surface area contributed by atoms with Crippen LogP contribution in [0.2, 0.25) is 0 Å². The smallest absolute Gasteiger partial charge is 0.241 e. The lowest BCUT2D eigenvalue weighted by Crippen LogP contribution is -2.26. The third kappa shape index (κ3) is 3.53. The van der Waals surface area contributed by atoms with Crippen LogP contribution >= 0.6 is 0 Å². The second-order valence-electron chi connectivity index (χ2n) is 4.87. The molecule has 5 nitrogen and oxygen atoms in total. The molecule has 0 fully saturated rings. The maximum Gasteiger partial charge on any atom is 0.241 e. The molecule has 2 aromatic rings. The molecule has 1 aromatic carbocycles. The predicted molar refractivity (Wildman–Crippen MR) is 79.8 cm³/mol. The lowest BCUT2D eigenvalue weighted by atomic mass is 10.2. The standard InChI is InChI=1S/C14H19N3O2S/c1-11(15)4-3-8-17-20(18,19)14-6-2-5-12-10-16-9-7-13(12)14/h2,5-7,9-11,17H,3-4,8,15H2,1H3. The van der Waals surface area contributed by atoms with Crippen molar-refractivity contribution >= 4 is 20.8 Å². The van der Waals surface area contributed by atoms with Crippen molar-refractivity contribution in [3.05, 3.63) is 36.7 Å². The van der Waals surface area contributed by atoms with E-state index in [0.29, 0.717) is 11.9 Å². The normalized spacial score (nSPS) is 13.5. The molecule has 0 aliphatic heterocycles. The summed E-state index contributed by atoms with van der Waals surface area (Å²) in [4.78, 5) is 4.29. The fraction of sp³-hybridized carbons (Fsp3) is 0.357. The van der Waals surface area contributed by atoms with Crippen LogP contribution in [-0.2, 0) is 10.0 Å². The molecule has 0 spiro atoms. The second kappa shape index (κ2) is 6.30. The topological polar surface area (TPSA) is 85.1 Å². The molecule has 108 valence electrons. The van der Waals surface area contributed by atoms with Crippen LogP contribution in [-0.4, -0.2) is 26.0 Å². The van der Waals surface area contributed by atoms with E-state index in [0.717, 1.165) is 18.2 Å². The number of nitrogens with two attached hydrogens (primary N) is 1. The Morgan fingerprint density at radius 3 is 2.90 bits per heavy atom. The van der Waals surface area contributed by atoms with Crippen molar-refractivity contribution in [1.29, 1.82) is 0 Å². The van der Waals surface area contributed by atoms with Gasteiger partial charge in [0.15, 0.2) is 0 Å². The van der Waals surface area contributed by atoms with Gasteiger partial charge in [-0.15, -0.1) is 0 Å². The fourth-order valence-corrected chi connectivity index (χ4v) is 3.34. The van der Waals surface area contributed by atoms with Crippen molar-refractivity contribution in [3.8, 4) is 0 Å². The first-order valence-corrected chi connectivity index (χ1v) is 8.07. The van der Waals surface area contributed by atoms with Crippen LogP contribution in [0.4, 0.5) is 0 Å². The minimum Gasteiger partial charge on any atom is -0.328 e. The maximum absolute atomic E-state index is 12.3. The van der Waals surface area contributed by atoms with E-state index in [9.17, 15) is 8.42 Å². The summed E-state index contributed by atoms with van der Waals surface area (Å²) in [5.74, 6) is 0. The van der Waals surface area contributed by atoms with Crippen LogP contribution in [0.25, 0.3) is 10.8 Å². The molecule has 1 heterocycles. The third-order valence-corrected chi connectivity index (χ3v) is 4.58. The molecular weight excluding hydrogens is 274 g/mol. The summed E-state index contributed by atoms with van der Waals surface area (Å²) in [5.41, 5.74) is 5.64. The molecule has 0 radical (unpaired) electrons. The highest BCUT2D eigenvalue weighted by Crippen LogP contribution is 2.21. The molecule has 0 aliphatic carbocycles. The number of benzene rings is 1. The van der Waals surface area contributed by atoms with E-state index in [1.165, 1.54) is 0 Å². The highest BCUT2D eigenvalue weighted by atomic mass is 32.2. The fourth-order valence-electron chi connectivity index (χ4n) is 2.04. The summed E-state index contributed by atoms with van der Waals surface area (Å²) in [6, 6.07) is 6.98. The monoisotopic (exact) mass is 293 g/mol. The van der Waals surface area contributed by atoms with E-state index in [-0.39, 0.29) is 10.9 Å². The summed E-state index contributed by atoms with van der Waals surface area (Å²) in [6.07, 6.45) is 4.77. The van der Waals surface area contributed by atoms with Crippen LogP contribution in [0.5, 0.6) is 0 Å². The van der Waals surface area contributed by atoms with E-state index in [1.807, 2.05) is 13.0 Å². The Labute approximate surface area is 119 Å². The number of pyridine rings is 1. The summed E-state index contributed by atoms with van der Waals surface area (Å²) >= 11 is 0. The molecule has 3 N–H and O–H groups in total.